The van der Waals surface area contributed by atoms with Crippen molar-refractivity contribution in [2.24, 2.45) is 0 Å². The second-order valence-electron chi connectivity index (χ2n) is 6.18. The van der Waals surface area contributed by atoms with E-state index in [2.05, 4.69) is 47.2 Å². The predicted molar refractivity (Wildman–Crippen MR) is 82.5 cm³/mol. The smallest absolute Gasteiger partial charge is 0.249 e. The lowest BCUT2D eigenvalue weighted by Crippen LogP contribution is -2.53. The average molecular weight is 287 g/mol. The second-order valence-corrected chi connectivity index (χ2v) is 6.18. The highest BCUT2D eigenvalue weighted by molar-refractivity contribution is 6.02. The summed E-state index contributed by atoms with van der Waals surface area (Å²) < 4.78 is 0. The van der Waals surface area contributed by atoms with Crippen molar-refractivity contribution in [2.45, 2.75) is 38.6 Å². The van der Waals surface area contributed by atoms with Crippen LogP contribution in [0, 0.1) is 0 Å². The van der Waals surface area contributed by atoms with Crippen molar-refractivity contribution < 1.29 is 9.59 Å². The Balaban J connectivity index is 1.91. The van der Waals surface area contributed by atoms with E-state index in [1.54, 1.807) is 0 Å². The summed E-state index contributed by atoms with van der Waals surface area (Å²) in [5.74, 6) is 0.132. The van der Waals surface area contributed by atoms with Gasteiger partial charge in [-0.25, -0.2) is 0 Å². The Morgan fingerprint density at radius 1 is 1.24 bits per heavy atom. The van der Waals surface area contributed by atoms with Crippen molar-refractivity contribution in [3.63, 3.8) is 0 Å². The molecule has 0 spiro atoms. The van der Waals surface area contributed by atoms with Crippen LogP contribution in [-0.2, 0) is 9.59 Å². The van der Waals surface area contributed by atoms with Gasteiger partial charge in [-0.15, -0.1) is 0 Å². The minimum absolute atomic E-state index is 0.167. The largest absolute Gasteiger partial charge is 0.355 e. The van der Waals surface area contributed by atoms with E-state index < -0.39 is 0 Å². The van der Waals surface area contributed by atoms with Gasteiger partial charge in [0.1, 0.15) is 6.04 Å². The minimum atomic E-state index is -0.253. The van der Waals surface area contributed by atoms with Crippen LogP contribution in [0.25, 0.3) is 0 Å². The molecule has 2 aliphatic rings. The van der Waals surface area contributed by atoms with Crippen molar-refractivity contribution in [3.8, 4) is 0 Å². The molecule has 1 saturated heterocycles. The zero-order valence-corrected chi connectivity index (χ0v) is 12.7. The van der Waals surface area contributed by atoms with Gasteiger partial charge in [0.05, 0.1) is 18.0 Å². The number of anilines is 2. The van der Waals surface area contributed by atoms with Crippen LogP contribution in [-0.4, -0.2) is 31.6 Å². The van der Waals surface area contributed by atoms with Gasteiger partial charge < -0.3 is 9.80 Å². The molecule has 2 amide bonds. The Morgan fingerprint density at radius 3 is 2.67 bits per heavy atom. The molecule has 0 saturated carbocycles. The zero-order valence-electron chi connectivity index (χ0n) is 12.7. The Morgan fingerprint density at radius 2 is 2.00 bits per heavy atom. The molecule has 1 aromatic carbocycles. The van der Waals surface area contributed by atoms with Gasteiger partial charge in [0, 0.05) is 13.5 Å². The molecule has 0 aliphatic carbocycles. The molecule has 2 aliphatic heterocycles. The molecule has 112 valence electrons. The fourth-order valence-corrected chi connectivity index (χ4v) is 3.08. The number of hydrogen-bond donors (Lipinski definition) is 1. The van der Waals surface area contributed by atoms with Crippen LogP contribution in [0.4, 0.5) is 11.4 Å². The molecular weight excluding hydrogens is 266 g/mol. The lowest BCUT2D eigenvalue weighted by atomic mass is 10.0. The number of nitrogens with zero attached hydrogens (tertiary/aromatic N) is 2. The third-order valence-corrected chi connectivity index (χ3v) is 4.34. The van der Waals surface area contributed by atoms with E-state index in [4.69, 9.17) is 0 Å². The molecule has 1 N–H and O–H groups in total. The summed E-state index contributed by atoms with van der Waals surface area (Å²) in [6.45, 7) is 5.03. The third kappa shape index (κ3) is 2.37. The second kappa shape index (κ2) is 5.06. The standard InChI is InChI=1S/C16H21N3O2/c1-10(2)11-4-5-12-14(8-11)18(3)9-19(12)13-6-7-15(20)17-16(13)21/h4-5,8,10,13H,6-7,9H2,1-3H3,(H,17,20,21)/t13-/m0/s1. The average Bonchev–Trinajstić information content (AvgIpc) is 2.75. The number of benzene rings is 1. The summed E-state index contributed by atoms with van der Waals surface area (Å²) in [6, 6.07) is 6.17. The fraction of sp³-hybridized carbons (Fsp3) is 0.500. The minimum Gasteiger partial charge on any atom is -0.355 e. The molecule has 0 aromatic heterocycles. The van der Waals surface area contributed by atoms with Gasteiger partial charge in [0.25, 0.3) is 0 Å². The van der Waals surface area contributed by atoms with Gasteiger partial charge >= 0.3 is 0 Å². The van der Waals surface area contributed by atoms with Gasteiger partial charge in [-0.2, -0.15) is 0 Å². The molecule has 21 heavy (non-hydrogen) atoms. The maximum Gasteiger partial charge on any atom is 0.249 e. The summed E-state index contributed by atoms with van der Waals surface area (Å²) >= 11 is 0. The van der Waals surface area contributed by atoms with Crippen LogP contribution in [0.15, 0.2) is 18.2 Å². The van der Waals surface area contributed by atoms with Crippen LogP contribution in [0.5, 0.6) is 0 Å². The van der Waals surface area contributed by atoms with Crippen LogP contribution >= 0.6 is 0 Å². The lowest BCUT2D eigenvalue weighted by molar-refractivity contribution is -0.134. The Kier molecular flexibility index (Phi) is 3.35. The SMILES string of the molecule is CC(C)c1ccc2c(c1)N(C)CN2[C@H]1CCC(=O)NC1=O. The molecule has 5 nitrogen and oxygen atoms in total. The molecule has 2 heterocycles. The van der Waals surface area contributed by atoms with Crippen LogP contribution in [0.2, 0.25) is 0 Å². The monoisotopic (exact) mass is 287 g/mol. The van der Waals surface area contributed by atoms with E-state index >= 15 is 0 Å². The topological polar surface area (TPSA) is 52.6 Å². The number of rotatable bonds is 2. The van der Waals surface area contributed by atoms with E-state index in [0.29, 0.717) is 25.4 Å². The number of imide groups is 1. The first-order valence-electron chi connectivity index (χ1n) is 7.43. The van der Waals surface area contributed by atoms with Gasteiger partial charge in [-0.3, -0.25) is 14.9 Å². The third-order valence-electron chi connectivity index (χ3n) is 4.34. The molecule has 1 fully saturated rings. The maximum absolute atomic E-state index is 12.1. The lowest BCUT2D eigenvalue weighted by Gasteiger charge is -2.31. The number of carbonyl (C=O) groups excluding carboxylic acids is 2. The van der Waals surface area contributed by atoms with E-state index in [9.17, 15) is 9.59 Å². The summed E-state index contributed by atoms with van der Waals surface area (Å²) in [5, 5.41) is 2.44. The highest BCUT2D eigenvalue weighted by atomic mass is 16.2. The maximum atomic E-state index is 12.1. The van der Waals surface area contributed by atoms with Crippen molar-refractivity contribution >= 4 is 23.2 Å². The van der Waals surface area contributed by atoms with Crippen molar-refractivity contribution in [1.29, 1.82) is 0 Å². The highest BCUT2D eigenvalue weighted by Gasteiger charge is 2.36. The fourth-order valence-electron chi connectivity index (χ4n) is 3.08. The predicted octanol–water partition coefficient (Wildman–Crippen LogP) is 1.83. The van der Waals surface area contributed by atoms with Crippen molar-refractivity contribution in [1.82, 2.24) is 5.32 Å². The van der Waals surface area contributed by atoms with Crippen molar-refractivity contribution in [2.75, 3.05) is 23.5 Å². The van der Waals surface area contributed by atoms with Crippen molar-refractivity contribution in [3.05, 3.63) is 23.8 Å². The Labute approximate surface area is 124 Å². The van der Waals surface area contributed by atoms with Gasteiger partial charge in [-0.05, 0) is 30.0 Å². The van der Waals surface area contributed by atoms with E-state index in [-0.39, 0.29) is 17.9 Å². The molecule has 0 unspecified atom stereocenters. The first-order valence-corrected chi connectivity index (χ1v) is 7.43. The molecule has 0 radical (unpaired) electrons. The molecule has 1 atom stereocenters. The first kappa shape index (κ1) is 13.9. The van der Waals surface area contributed by atoms with Gasteiger partial charge in [0.2, 0.25) is 11.8 Å². The number of hydrogen-bond acceptors (Lipinski definition) is 4. The van der Waals surface area contributed by atoms with Crippen LogP contribution < -0.4 is 15.1 Å². The van der Waals surface area contributed by atoms with E-state index in [1.807, 2.05) is 7.05 Å². The van der Waals surface area contributed by atoms with Crippen LogP contribution in [0.3, 0.4) is 0 Å². The summed E-state index contributed by atoms with van der Waals surface area (Å²) in [6.07, 6.45) is 1.000. The quantitative estimate of drug-likeness (QED) is 0.843. The molecular formula is C16H21N3O2. The normalized spacial score (nSPS) is 21.8. The van der Waals surface area contributed by atoms with Gasteiger partial charge in [0.15, 0.2) is 0 Å². The van der Waals surface area contributed by atoms with Gasteiger partial charge in [-0.1, -0.05) is 19.9 Å². The number of nitrogens with one attached hydrogen (secondary N) is 1. The Hall–Kier alpha value is -2.04. The van der Waals surface area contributed by atoms with Crippen LogP contribution in [0.1, 0.15) is 38.2 Å². The number of amides is 2. The summed E-state index contributed by atoms with van der Waals surface area (Å²) in [5.41, 5.74) is 3.54. The highest BCUT2D eigenvalue weighted by Crippen LogP contribution is 2.39. The molecule has 0 bridgehead atoms. The van der Waals surface area contributed by atoms with E-state index in [0.717, 1.165) is 11.4 Å². The number of fused-ring (bicyclic) bond motifs is 1. The molecule has 1 aromatic rings. The number of carbonyl (C=O) groups is 2. The molecule has 5 heteroatoms. The summed E-state index contributed by atoms with van der Waals surface area (Å²) in [7, 11) is 2.04. The first-order chi connectivity index (χ1) is 9.97. The summed E-state index contributed by atoms with van der Waals surface area (Å²) in [4.78, 5) is 27.6. The number of piperidine rings is 1. The zero-order chi connectivity index (χ0) is 15.1. The Bertz CT molecular complexity index is 597. The van der Waals surface area contributed by atoms with E-state index in [1.165, 1.54) is 5.56 Å². The molecule has 3 rings (SSSR count).